The van der Waals surface area contributed by atoms with E-state index in [1.807, 2.05) is 72.8 Å². The summed E-state index contributed by atoms with van der Waals surface area (Å²) >= 11 is 0. The molecular formula is C55H76O6. The van der Waals surface area contributed by atoms with Gasteiger partial charge in [-0.2, -0.15) is 0 Å². The Kier molecular flexibility index (Phi) is 25.2. The van der Waals surface area contributed by atoms with Crippen LogP contribution in [0.3, 0.4) is 0 Å². The Bertz CT molecular complexity index is 1580. The molecule has 0 aliphatic heterocycles. The number of benzene rings is 4. The summed E-state index contributed by atoms with van der Waals surface area (Å²) in [4.78, 5) is 25.2. The van der Waals surface area contributed by atoms with Crippen LogP contribution in [0.5, 0.6) is 11.5 Å². The van der Waals surface area contributed by atoms with Crippen LogP contribution in [0.2, 0.25) is 0 Å². The van der Waals surface area contributed by atoms with E-state index in [1.54, 1.807) is 0 Å². The van der Waals surface area contributed by atoms with Gasteiger partial charge in [-0.05, 0) is 96.5 Å². The number of hydrogen-bond acceptors (Lipinski definition) is 6. The molecule has 4 aromatic carbocycles. The number of unbranched alkanes of at least 4 members (excludes halogenated alkanes) is 20. The average molecular weight is 833 g/mol. The van der Waals surface area contributed by atoms with Gasteiger partial charge in [0.2, 0.25) is 0 Å². The predicted octanol–water partition coefficient (Wildman–Crippen LogP) is 15.8. The molecule has 0 spiro atoms. The first-order valence-electron chi connectivity index (χ1n) is 24.1. The molecule has 0 heterocycles. The third kappa shape index (κ3) is 20.7. The van der Waals surface area contributed by atoms with Crippen LogP contribution in [-0.2, 0) is 9.47 Å². The van der Waals surface area contributed by atoms with E-state index in [0.29, 0.717) is 24.3 Å². The van der Waals surface area contributed by atoms with Crippen molar-refractivity contribution in [3.8, 4) is 33.8 Å². The molecule has 0 aromatic heterocycles. The molecule has 0 fully saturated rings. The zero-order valence-corrected chi connectivity index (χ0v) is 37.8. The van der Waals surface area contributed by atoms with Crippen molar-refractivity contribution >= 4 is 11.9 Å². The summed E-state index contributed by atoms with van der Waals surface area (Å²) in [5, 5.41) is 0. The molecule has 4 rings (SSSR count). The van der Waals surface area contributed by atoms with Crippen molar-refractivity contribution in [1.82, 2.24) is 0 Å². The normalized spacial score (nSPS) is 11.0. The molecule has 4 aromatic rings. The van der Waals surface area contributed by atoms with E-state index >= 15 is 0 Å². The second-order valence-electron chi connectivity index (χ2n) is 16.6. The minimum atomic E-state index is -0.276. The van der Waals surface area contributed by atoms with E-state index in [-0.39, 0.29) is 11.9 Å². The lowest BCUT2D eigenvalue weighted by Crippen LogP contribution is -2.06. The fourth-order valence-electron chi connectivity index (χ4n) is 7.52. The third-order valence-corrected chi connectivity index (χ3v) is 11.4. The molecule has 0 aliphatic rings. The van der Waals surface area contributed by atoms with Crippen molar-refractivity contribution in [2.75, 3.05) is 26.4 Å². The van der Waals surface area contributed by atoms with Gasteiger partial charge in [0.05, 0.1) is 37.6 Å². The van der Waals surface area contributed by atoms with Gasteiger partial charge in [-0.3, -0.25) is 0 Å². The van der Waals surface area contributed by atoms with Crippen LogP contribution in [0.1, 0.15) is 182 Å². The summed E-state index contributed by atoms with van der Waals surface area (Å²) in [6.07, 6.45) is 27.7. The quantitative estimate of drug-likeness (QED) is 0.0345. The Hall–Kier alpha value is -4.58. The Balaban J connectivity index is 0.972. The number of hydrogen-bond donors (Lipinski definition) is 0. The predicted molar refractivity (Wildman–Crippen MR) is 253 cm³/mol. The van der Waals surface area contributed by atoms with Gasteiger partial charge in [0.1, 0.15) is 11.5 Å². The molecule has 0 radical (unpaired) electrons. The molecule has 0 saturated carbocycles. The summed E-state index contributed by atoms with van der Waals surface area (Å²) in [5.41, 5.74) is 5.44. The molecule has 61 heavy (non-hydrogen) atoms. The fraction of sp³-hybridized carbons (Fsp3) is 0.527. The van der Waals surface area contributed by atoms with Crippen molar-refractivity contribution in [3.63, 3.8) is 0 Å². The zero-order chi connectivity index (χ0) is 43.0. The summed E-state index contributed by atoms with van der Waals surface area (Å²) in [7, 11) is 0. The average Bonchev–Trinajstić information content (AvgIpc) is 3.30. The molecule has 0 unspecified atom stereocenters. The SMILES string of the molecule is CCCCCCCCCCOc1ccc(-c2ccc(C(=O)OCCCCCCCCCOC(=O)c3ccc(-c4ccc(OCCCCCCCCCC)cc4)cc3)cc2)cc1. The van der Waals surface area contributed by atoms with Crippen molar-refractivity contribution in [1.29, 1.82) is 0 Å². The number of ether oxygens (including phenoxy) is 4. The zero-order valence-electron chi connectivity index (χ0n) is 37.8. The maximum atomic E-state index is 12.6. The van der Waals surface area contributed by atoms with Gasteiger partial charge in [-0.25, -0.2) is 9.59 Å². The topological polar surface area (TPSA) is 71.1 Å². The van der Waals surface area contributed by atoms with Crippen molar-refractivity contribution in [2.24, 2.45) is 0 Å². The van der Waals surface area contributed by atoms with Crippen LogP contribution in [-0.4, -0.2) is 38.4 Å². The van der Waals surface area contributed by atoms with E-state index in [0.717, 1.165) is 105 Å². The summed E-state index contributed by atoms with van der Waals surface area (Å²) < 4.78 is 23.0. The second kappa shape index (κ2) is 31.3. The monoisotopic (exact) mass is 833 g/mol. The van der Waals surface area contributed by atoms with Gasteiger partial charge in [-0.15, -0.1) is 0 Å². The number of rotatable bonds is 34. The summed E-state index contributed by atoms with van der Waals surface area (Å²) in [6.45, 7) is 6.89. The van der Waals surface area contributed by atoms with Gasteiger partial charge in [0.25, 0.3) is 0 Å². The van der Waals surface area contributed by atoms with E-state index in [1.165, 1.54) is 89.9 Å². The van der Waals surface area contributed by atoms with Crippen molar-refractivity contribution in [2.45, 2.75) is 162 Å². The molecule has 0 atom stereocenters. The molecule has 332 valence electrons. The highest BCUT2D eigenvalue weighted by atomic mass is 16.5. The highest BCUT2D eigenvalue weighted by Crippen LogP contribution is 2.25. The van der Waals surface area contributed by atoms with Gasteiger partial charge in [0.15, 0.2) is 0 Å². The van der Waals surface area contributed by atoms with Gasteiger partial charge >= 0.3 is 11.9 Å². The van der Waals surface area contributed by atoms with E-state index in [2.05, 4.69) is 38.1 Å². The number of carbonyl (C=O) groups excluding carboxylic acids is 2. The highest BCUT2D eigenvalue weighted by molar-refractivity contribution is 5.90. The van der Waals surface area contributed by atoms with Crippen molar-refractivity contribution < 1.29 is 28.5 Å². The first kappa shape index (κ1) is 49.1. The lowest BCUT2D eigenvalue weighted by Gasteiger charge is -2.09. The minimum absolute atomic E-state index is 0.276. The number of carbonyl (C=O) groups is 2. The number of esters is 2. The molecule has 0 aliphatic carbocycles. The van der Waals surface area contributed by atoms with Gasteiger partial charge in [-0.1, -0.05) is 184 Å². The molecule has 0 amide bonds. The van der Waals surface area contributed by atoms with Crippen molar-refractivity contribution in [3.05, 3.63) is 108 Å². The molecule has 6 heteroatoms. The lowest BCUT2D eigenvalue weighted by atomic mass is 10.0. The first-order valence-corrected chi connectivity index (χ1v) is 24.1. The Morgan fingerprint density at radius 3 is 0.852 bits per heavy atom. The van der Waals surface area contributed by atoms with E-state index in [9.17, 15) is 9.59 Å². The largest absolute Gasteiger partial charge is 0.494 e. The molecule has 0 saturated heterocycles. The van der Waals surface area contributed by atoms with Crippen LogP contribution in [0.15, 0.2) is 97.1 Å². The highest BCUT2D eigenvalue weighted by Gasteiger charge is 2.10. The lowest BCUT2D eigenvalue weighted by molar-refractivity contribution is 0.0490. The van der Waals surface area contributed by atoms with Crippen LogP contribution in [0.25, 0.3) is 22.3 Å². The molecular weight excluding hydrogens is 757 g/mol. The standard InChI is InChI=1S/C55H76O6/c1-3-5-7-9-11-14-18-22-42-58-52-38-34-48(35-39-52)46-26-30-50(31-27-46)54(56)60-44-24-20-16-13-17-21-25-45-61-55(57)51-32-28-47(29-33-51)49-36-40-53(41-37-49)59-43-23-19-15-12-10-8-6-4-2/h26-41H,3-25,42-45H2,1-2H3. The van der Waals surface area contributed by atoms with E-state index in [4.69, 9.17) is 18.9 Å². The Labute approximate surface area is 369 Å². The maximum absolute atomic E-state index is 12.6. The van der Waals surface area contributed by atoms with E-state index < -0.39 is 0 Å². The second-order valence-corrected chi connectivity index (χ2v) is 16.6. The summed E-state index contributed by atoms with van der Waals surface area (Å²) in [5.74, 6) is 1.25. The Morgan fingerprint density at radius 1 is 0.311 bits per heavy atom. The molecule has 0 bridgehead atoms. The fourth-order valence-corrected chi connectivity index (χ4v) is 7.52. The Morgan fingerprint density at radius 2 is 0.557 bits per heavy atom. The first-order chi connectivity index (χ1) is 30.1. The maximum Gasteiger partial charge on any atom is 0.338 e. The smallest absolute Gasteiger partial charge is 0.338 e. The van der Waals surface area contributed by atoms with Gasteiger partial charge < -0.3 is 18.9 Å². The van der Waals surface area contributed by atoms with Crippen LogP contribution >= 0.6 is 0 Å². The van der Waals surface area contributed by atoms with Crippen LogP contribution in [0, 0.1) is 0 Å². The molecule has 6 nitrogen and oxygen atoms in total. The third-order valence-electron chi connectivity index (χ3n) is 11.4. The summed E-state index contributed by atoms with van der Waals surface area (Å²) in [6, 6.07) is 31.6. The van der Waals surface area contributed by atoms with Crippen LogP contribution < -0.4 is 9.47 Å². The molecule has 0 N–H and O–H groups in total. The van der Waals surface area contributed by atoms with Crippen LogP contribution in [0.4, 0.5) is 0 Å². The minimum Gasteiger partial charge on any atom is -0.494 e. The van der Waals surface area contributed by atoms with Gasteiger partial charge in [0, 0.05) is 0 Å².